The first-order valence-electron chi connectivity index (χ1n) is 7.03. The van der Waals surface area contributed by atoms with Gasteiger partial charge in [-0.3, -0.25) is 9.69 Å². The number of benzene rings is 1. The first-order valence-corrected chi connectivity index (χ1v) is 7.03. The number of hydrogen-bond donors (Lipinski definition) is 3. The summed E-state index contributed by atoms with van der Waals surface area (Å²) < 4.78 is 5.25. The number of aromatic nitrogens is 1. The van der Waals surface area contributed by atoms with Crippen LogP contribution in [-0.4, -0.2) is 54.2 Å². The van der Waals surface area contributed by atoms with Crippen molar-refractivity contribution in [2.45, 2.75) is 6.04 Å². The van der Waals surface area contributed by atoms with E-state index in [-0.39, 0.29) is 0 Å². The van der Waals surface area contributed by atoms with E-state index < -0.39 is 12.0 Å². The number of rotatable bonds is 4. The Balaban J connectivity index is 2.04. The van der Waals surface area contributed by atoms with Crippen LogP contribution in [0, 0.1) is 0 Å². The molecule has 0 saturated carbocycles. The molecule has 1 atom stereocenters. The van der Waals surface area contributed by atoms with Crippen molar-refractivity contribution in [3.05, 3.63) is 30.0 Å². The highest BCUT2D eigenvalue weighted by Gasteiger charge is 2.30. The standard InChI is InChI=1S/C15H19N3O3/c1-21-10-2-3-13-11(8-10)12(9-17-13)14(15(19)20)18-6-4-16-5-7-18/h2-3,8-9,14,16-17H,4-7H2,1H3,(H,19,20). The van der Waals surface area contributed by atoms with Crippen LogP contribution in [0.4, 0.5) is 0 Å². The van der Waals surface area contributed by atoms with E-state index in [0.29, 0.717) is 0 Å². The lowest BCUT2D eigenvalue weighted by Crippen LogP contribution is -2.47. The molecule has 112 valence electrons. The molecule has 6 heteroatoms. The number of nitrogens with one attached hydrogen (secondary N) is 2. The van der Waals surface area contributed by atoms with Crippen molar-refractivity contribution in [3.63, 3.8) is 0 Å². The van der Waals surface area contributed by atoms with Gasteiger partial charge >= 0.3 is 5.97 Å². The van der Waals surface area contributed by atoms with Gasteiger partial charge in [0.25, 0.3) is 0 Å². The van der Waals surface area contributed by atoms with Crippen molar-refractivity contribution in [3.8, 4) is 5.75 Å². The number of ether oxygens (including phenoxy) is 1. The summed E-state index contributed by atoms with van der Waals surface area (Å²) in [6.45, 7) is 3.09. The molecule has 2 aromatic rings. The molecule has 21 heavy (non-hydrogen) atoms. The second-order valence-corrected chi connectivity index (χ2v) is 5.18. The molecule has 1 aliphatic rings. The summed E-state index contributed by atoms with van der Waals surface area (Å²) in [5.74, 6) is -0.0894. The maximum atomic E-state index is 11.8. The molecule has 0 aliphatic carbocycles. The van der Waals surface area contributed by atoms with Gasteiger partial charge < -0.3 is 20.1 Å². The highest BCUT2D eigenvalue weighted by atomic mass is 16.5. The number of aliphatic carboxylic acids is 1. The summed E-state index contributed by atoms with van der Waals surface area (Å²) >= 11 is 0. The molecule has 0 spiro atoms. The minimum absolute atomic E-state index is 0.632. The molecule has 0 amide bonds. The van der Waals surface area contributed by atoms with E-state index >= 15 is 0 Å². The summed E-state index contributed by atoms with van der Waals surface area (Å²) in [4.78, 5) is 16.9. The molecule has 2 heterocycles. The average Bonchev–Trinajstić information content (AvgIpc) is 2.91. The molecule has 1 fully saturated rings. The van der Waals surface area contributed by atoms with E-state index in [4.69, 9.17) is 4.74 Å². The number of H-pyrrole nitrogens is 1. The maximum Gasteiger partial charge on any atom is 0.325 e. The van der Waals surface area contributed by atoms with E-state index in [1.807, 2.05) is 23.1 Å². The number of nitrogens with zero attached hydrogens (tertiary/aromatic N) is 1. The van der Waals surface area contributed by atoms with Crippen LogP contribution in [-0.2, 0) is 4.79 Å². The monoisotopic (exact) mass is 289 g/mol. The summed E-state index contributed by atoms with van der Waals surface area (Å²) in [5, 5.41) is 13.8. The van der Waals surface area contributed by atoms with E-state index in [9.17, 15) is 9.90 Å². The summed E-state index contributed by atoms with van der Waals surface area (Å²) in [6.07, 6.45) is 1.80. The molecule has 1 unspecified atom stereocenters. The smallest absolute Gasteiger partial charge is 0.325 e. The Morgan fingerprint density at radius 3 is 2.81 bits per heavy atom. The van der Waals surface area contributed by atoms with Crippen molar-refractivity contribution in [1.29, 1.82) is 0 Å². The number of carbonyl (C=O) groups is 1. The van der Waals surface area contributed by atoms with Gasteiger partial charge in [0.2, 0.25) is 0 Å². The predicted octanol–water partition coefficient (Wildman–Crippen LogP) is 1.21. The fourth-order valence-corrected chi connectivity index (χ4v) is 2.90. The summed E-state index contributed by atoms with van der Waals surface area (Å²) in [7, 11) is 1.61. The quantitative estimate of drug-likeness (QED) is 0.788. The molecule has 0 radical (unpaired) electrons. The Morgan fingerprint density at radius 1 is 1.38 bits per heavy atom. The van der Waals surface area contributed by atoms with E-state index in [1.54, 1.807) is 13.3 Å². The van der Waals surface area contributed by atoms with Gasteiger partial charge in [0.1, 0.15) is 11.8 Å². The molecule has 1 aromatic heterocycles. The van der Waals surface area contributed by atoms with Gasteiger partial charge in [0.15, 0.2) is 0 Å². The summed E-state index contributed by atoms with van der Waals surface area (Å²) in [5.41, 5.74) is 1.71. The minimum atomic E-state index is -0.819. The number of aromatic amines is 1. The Labute approximate surface area is 122 Å². The van der Waals surface area contributed by atoms with Crippen LogP contribution in [0.2, 0.25) is 0 Å². The first kappa shape index (κ1) is 13.9. The number of hydrogen-bond acceptors (Lipinski definition) is 4. The van der Waals surface area contributed by atoms with Gasteiger partial charge in [-0.15, -0.1) is 0 Å². The normalized spacial score (nSPS) is 17.8. The van der Waals surface area contributed by atoms with Crippen LogP contribution < -0.4 is 10.1 Å². The van der Waals surface area contributed by atoms with Crippen molar-refractivity contribution in [2.75, 3.05) is 33.3 Å². The van der Waals surface area contributed by atoms with E-state index in [0.717, 1.165) is 48.4 Å². The number of piperazine rings is 1. The molecule has 1 saturated heterocycles. The van der Waals surface area contributed by atoms with Gasteiger partial charge in [0, 0.05) is 48.8 Å². The van der Waals surface area contributed by atoms with Crippen molar-refractivity contribution in [1.82, 2.24) is 15.2 Å². The second kappa shape index (κ2) is 5.75. The number of carboxylic acid groups (broad SMARTS) is 1. The molecular formula is C15H19N3O3. The highest BCUT2D eigenvalue weighted by molar-refractivity contribution is 5.90. The Hall–Kier alpha value is -2.05. The lowest BCUT2D eigenvalue weighted by atomic mass is 10.0. The largest absolute Gasteiger partial charge is 0.497 e. The fraction of sp³-hybridized carbons (Fsp3) is 0.400. The number of methoxy groups -OCH3 is 1. The zero-order valence-electron chi connectivity index (χ0n) is 11.9. The van der Waals surface area contributed by atoms with Crippen LogP contribution in [0.1, 0.15) is 11.6 Å². The highest BCUT2D eigenvalue weighted by Crippen LogP contribution is 2.31. The Bertz CT molecular complexity index is 647. The van der Waals surface area contributed by atoms with E-state index in [1.165, 1.54) is 0 Å². The lowest BCUT2D eigenvalue weighted by molar-refractivity contribution is -0.143. The maximum absolute atomic E-state index is 11.8. The van der Waals surface area contributed by atoms with Crippen LogP contribution in [0.25, 0.3) is 10.9 Å². The van der Waals surface area contributed by atoms with Gasteiger partial charge in [-0.2, -0.15) is 0 Å². The third-order valence-corrected chi connectivity index (χ3v) is 3.97. The van der Waals surface area contributed by atoms with Crippen LogP contribution in [0.5, 0.6) is 5.75 Å². The summed E-state index contributed by atoms with van der Waals surface area (Å²) in [6, 6.07) is 5.03. The van der Waals surface area contributed by atoms with Gasteiger partial charge in [-0.05, 0) is 18.2 Å². The zero-order valence-corrected chi connectivity index (χ0v) is 11.9. The molecule has 3 rings (SSSR count). The van der Waals surface area contributed by atoms with E-state index in [2.05, 4.69) is 10.3 Å². The van der Waals surface area contributed by atoms with Gasteiger partial charge in [0.05, 0.1) is 7.11 Å². The molecule has 3 N–H and O–H groups in total. The SMILES string of the molecule is COc1ccc2[nH]cc(C(C(=O)O)N3CCNCC3)c2c1. The topological polar surface area (TPSA) is 77.6 Å². The van der Waals surface area contributed by atoms with Crippen LogP contribution in [0.3, 0.4) is 0 Å². The van der Waals surface area contributed by atoms with Gasteiger partial charge in [-0.25, -0.2) is 0 Å². The third kappa shape index (κ3) is 2.59. The molecule has 1 aliphatic heterocycles. The van der Waals surface area contributed by atoms with Crippen LogP contribution in [0.15, 0.2) is 24.4 Å². The fourth-order valence-electron chi connectivity index (χ4n) is 2.90. The average molecular weight is 289 g/mol. The zero-order chi connectivity index (χ0) is 14.8. The van der Waals surface area contributed by atoms with Crippen molar-refractivity contribution < 1.29 is 14.6 Å². The van der Waals surface area contributed by atoms with Crippen molar-refractivity contribution >= 4 is 16.9 Å². The molecule has 0 bridgehead atoms. The molecule has 1 aromatic carbocycles. The predicted molar refractivity (Wildman–Crippen MR) is 79.7 cm³/mol. The molecule has 6 nitrogen and oxygen atoms in total. The Morgan fingerprint density at radius 2 is 2.14 bits per heavy atom. The third-order valence-electron chi connectivity index (χ3n) is 3.97. The molecular weight excluding hydrogens is 270 g/mol. The number of fused-ring (bicyclic) bond motifs is 1. The Kier molecular flexibility index (Phi) is 3.81. The second-order valence-electron chi connectivity index (χ2n) is 5.18. The number of carboxylic acids is 1. The van der Waals surface area contributed by atoms with Crippen molar-refractivity contribution in [2.24, 2.45) is 0 Å². The van der Waals surface area contributed by atoms with Crippen LogP contribution >= 0.6 is 0 Å². The van der Waals surface area contributed by atoms with Gasteiger partial charge in [-0.1, -0.05) is 0 Å². The minimum Gasteiger partial charge on any atom is -0.497 e. The lowest BCUT2D eigenvalue weighted by Gasteiger charge is -2.32. The first-order chi connectivity index (χ1) is 10.2.